The van der Waals surface area contributed by atoms with Crippen LogP contribution in [0.4, 0.5) is 0 Å². The molecule has 0 unspecified atom stereocenters. The van der Waals surface area contributed by atoms with E-state index >= 15 is 0 Å². The molecular weight excluding hydrogens is 248 g/mol. The van der Waals surface area contributed by atoms with Crippen molar-refractivity contribution in [2.45, 2.75) is 58.5 Å². The molecular formula is C16H24N4. The van der Waals surface area contributed by atoms with Gasteiger partial charge in [-0.1, -0.05) is 19.3 Å². The molecule has 0 saturated heterocycles. The molecule has 1 saturated carbocycles. The monoisotopic (exact) mass is 272 g/mol. The van der Waals surface area contributed by atoms with E-state index in [1.807, 2.05) is 6.92 Å². The third-order valence-corrected chi connectivity index (χ3v) is 4.42. The molecule has 0 aliphatic heterocycles. The number of imidazole rings is 1. The summed E-state index contributed by atoms with van der Waals surface area (Å²) in [7, 11) is 2.23. The maximum absolute atomic E-state index is 4.68. The number of aryl methyl sites for hydroxylation is 2. The Labute approximate surface area is 120 Å². The van der Waals surface area contributed by atoms with Gasteiger partial charge in [0.15, 0.2) is 0 Å². The van der Waals surface area contributed by atoms with Crippen molar-refractivity contribution in [3.8, 4) is 0 Å². The molecule has 1 fully saturated rings. The number of hydrogen-bond acceptors (Lipinski definition) is 3. The van der Waals surface area contributed by atoms with Gasteiger partial charge in [-0.3, -0.25) is 9.30 Å². The molecule has 0 bridgehead atoms. The molecule has 0 N–H and O–H groups in total. The quantitative estimate of drug-likeness (QED) is 0.861. The van der Waals surface area contributed by atoms with E-state index in [1.54, 1.807) is 0 Å². The van der Waals surface area contributed by atoms with E-state index in [0.717, 1.165) is 29.8 Å². The Balaban J connectivity index is 1.78. The first-order valence-corrected chi connectivity index (χ1v) is 7.66. The van der Waals surface area contributed by atoms with Crippen LogP contribution < -0.4 is 0 Å². The summed E-state index contributed by atoms with van der Waals surface area (Å²) in [5.74, 6) is 0.828. The van der Waals surface area contributed by atoms with Crippen molar-refractivity contribution in [3.63, 3.8) is 0 Å². The van der Waals surface area contributed by atoms with Crippen LogP contribution in [0.25, 0.3) is 5.78 Å². The molecule has 0 amide bonds. The summed E-state index contributed by atoms with van der Waals surface area (Å²) in [5, 5.41) is 0. The highest BCUT2D eigenvalue weighted by Gasteiger charge is 2.19. The van der Waals surface area contributed by atoms with Gasteiger partial charge in [0, 0.05) is 30.2 Å². The summed E-state index contributed by atoms with van der Waals surface area (Å²) in [6, 6.07) is 2.83. The summed E-state index contributed by atoms with van der Waals surface area (Å²) in [6.45, 7) is 5.06. The Morgan fingerprint density at radius 1 is 1.20 bits per heavy atom. The molecule has 108 valence electrons. The van der Waals surface area contributed by atoms with Crippen LogP contribution in [0.2, 0.25) is 0 Å². The second kappa shape index (κ2) is 5.52. The molecule has 3 rings (SSSR count). The van der Waals surface area contributed by atoms with Gasteiger partial charge in [0.1, 0.15) is 0 Å². The molecule has 20 heavy (non-hydrogen) atoms. The van der Waals surface area contributed by atoms with Crippen LogP contribution in [-0.4, -0.2) is 32.4 Å². The average molecular weight is 272 g/mol. The van der Waals surface area contributed by atoms with Crippen molar-refractivity contribution < 1.29 is 0 Å². The number of hydrogen-bond donors (Lipinski definition) is 0. The lowest BCUT2D eigenvalue weighted by atomic mass is 9.94. The van der Waals surface area contributed by atoms with Crippen molar-refractivity contribution in [2.24, 2.45) is 0 Å². The molecule has 1 aliphatic rings. The molecule has 0 spiro atoms. The predicted molar refractivity (Wildman–Crippen MR) is 80.8 cm³/mol. The van der Waals surface area contributed by atoms with Crippen LogP contribution in [0.15, 0.2) is 12.3 Å². The molecule has 2 heterocycles. The Morgan fingerprint density at radius 3 is 2.70 bits per heavy atom. The largest absolute Gasteiger partial charge is 0.298 e. The SMILES string of the molecule is Cc1cc(C)n2cc(CN(C)C3CCCCC3)nc2n1. The summed E-state index contributed by atoms with van der Waals surface area (Å²) < 4.78 is 2.09. The zero-order chi connectivity index (χ0) is 14.1. The van der Waals surface area contributed by atoms with Crippen molar-refractivity contribution in [2.75, 3.05) is 7.05 Å². The van der Waals surface area contributed by atoms with Crippen LogP contribution >= 0.6 is 0 Å². The van der Waals surface area contributed by atoms with E-state index in [4.69, 9.17) is 0 Å². The topological polar surface area (TPSA) is 33.4 Å². The summed E-state index contributed by atoms with van der Waals surface area (Å²) in [4.78, 5) is 11.7. The lowest BCUT2D eigenvalue weighted by molar-refractivity contribution is 0.183. The van der Waals surface area contributed by atoms with E-state index in [0.29, 0.717) is 0 Å². The van der Waals surface area contributed by atoms with Crippen molar-refractivity contribution in [1.82, 2.24) is 19.3 Å². The van der Waals surface area contributed by atoms with Gasteiger partial charge in [-0.05, 0) is 39.8 Å². The van der Waals surface area contributed by atoms with Gasteiger partial charge >= 0.3 is 0 Å². The van der Waals surface area contributed by atoms with Gasteiger partial charge in [0.05, 0.1) is 5.69 Å². The van der Waals surface area contributed by atoms with Gasteiger partial charge in [0.2, 0.25) is 5.78 Å². The minimum absolute atomic E-state index is 0.726. The third kappa shape index (κ3) is 2.70. The molecule has 2 aromatic heterocycles. The Hall–Kier alpha value is -1.42. The first-order valence-electron chi connectivity index (χ1n) is 7.66. The molecule has 1 aliphatic carbocycles. The molecule has 0 radical (unpaired) electrons. The summed E-state index contributed by atoms with van der Waals surface area (Å²) in [5.41, 5.74) is 3.36. The van der Waals surface area contributed by atoms with Gasteiger partial charge in [-0.25, -0.2) is 9.97 Å². The van der Waals surface area contributed by atoms with Gasteiger partial charge in [-0.2, -0.15) is 0 Å². The third-order valence-electron chi connectivity index (χ3n) is 4.42. The number of nitrogens with zero attached hydrogens (tertiary/aromatic N) is 4. The van der Waals surface area contributed by atoms with Gasteiger partial charge in [-0.15, -0.1) is 0 Å². The molecule has 0 aromatic carbocycles. The number of fused-ring (bicyclic) bond motifs is 1. The average Bonchev–Trinajstić information content (AvgIpc) is 2.82. The van der Waals surface area contributed by atoms with Gasteiger partial charge in [0.25, 0.3) is 0 Å². The minimum Gasteiger partial charge on any atom is -0.298 e. The second-order valence-electron chi connectivity index (χ2n) is 6.15. The smallest absolute Gasteiger partial charge is 0.234 e. The Kier molecular flexibility index (Phi) is 3.74. The van der Waals surface area contributed by atoms with E-state index in [9.17, 15) is 0 Å². The molecule has 4 heteroatoms. The highest BCUT2D eigenvalue weighted by Crippen LogP contribution is 2.22. The lowest BCUT2D eigenvalue weighted by Crippen LogP contribution is -2.32. The van der Waals surface area contributed by atoms with E-state index in [-0.39, 0.29) is 0 Å². The molecule has 2 aromatic rings. The zero-order valence-corrected chi connectivity index (χ0v) is 12.8. The van der Waals surface area contributed by atoms with Crippen LogP contribution in [0.3, 0.4) is 0 Å². The van der Waals surface area contributed by atoms with Crippen molar-refractivity contribution >= 4 is 5.78 Å². The summed E-state index contributed by atoms with van der Waals surface area (Å²) >= 11 is 0. The fourth-order valence-corrected chi connectivity index (χ4v) is 3.30. The minimum atomic E-state index is 0.726. The van der Waals surface area contributed by atoms with Crippen molar-refractivity contribution in [1.29, 1.82) is 0 Å². The van der Waals surface area contributed by atoms with Crippen LogP contribution in [0, 0.1) is 13.8 Å². The maximum atomic E-state index is 4.68. The molecule has 0 atom stereocenters. The fourth-order valence-electron chi connectivity index (χ4n) is 3.30. The van der Waals surface area contributed by atoms with E-state index < -0.39 is 0 Å². The van der Waals surface area contributed by atoms with Crippen molar-refractivity contribution in [3.05, 3.63) is 29.3 Å². The standard InChI is InChI=1S/C16H24N4/c1-12-9-13(2)20-11-14(18-16(20)17-12)10-19(3)15-7-5-4-6-8-15/h9,11,15H,4-8,10H2,1-3H3. The van der Waals surface area contributed by atoms with Crippen LogP contribution in [0.5, 0.6) is 0 Å². The normalized spacial score (nSPS) is 17.2. The van der Waals surface area contributed by atoms with Crippen LogP contribution in [0.1, 0.15) is 49.2 Å². The molecule has 4 nitrogen and oxygen atoms in total. The highest BCUT2D eigenvalue weighted by molar-refractivity contribution is 5.34. The summed E-state index contributed by atoms with van der Waals surface area (Å²) in [6.07, 6.45) is 8.96. The fraction of sp³-hybridized carbons (Fsp3) is 0.625. The maximum Gasteiger partial charge on any atom is 0.234 e. The second-order valence-corrected chi connectivity index (χ2v) is 6.15. The Morgan fingerprint density at radius 2 is 1.95 bits per heavy atom. The van der Waals surface area contributed by atoms with Crippen LogP contribution in [-0.2, 0) is 6.54 Å². The highest BCUT2D eigenvalue weighted by atomic mass is 15.2. The predicted octanol–water partition coefficient (Wildman–Crippen LogP) is 3.11. The zero-order valence-electron chi connectivity index (χ0n) is 12.8. The number of aromatic nitrogens is 3. The lowest BCUT2D eigenvalue weighted by Gasteiger charge is -2.30. The van der Waals surface area contributed by atoms with Gasteiger partial charge < -0.3 is 0 Å². The number of rotatable bonds is 3. The van der Waals surface area contributed by atoms with E-state index in [2.05, 4.69) is 45.5 Å². The Bertz CT molecular complexity index is 596. The van der Waals surface area contributed by atoms with E-state index in [1.165, 1.54) is 37.8 Å². The first-order chi connectivity index (χ1) is 9.63. The first kappa shape index (κ1) is 13.6.